The van der Waals surface area contributed by atoms with E-state index in [2.05, 4.69) is 34.1 Å². The minimum Gasteiger partial charge on any atom is -0.508 e. The molecular weight excluding hydrogens is 480 g/mol. The number of rotatable bonds is 9. The maximum Gasteiger partial charge on any atom is 0.119 e. The molecule has 0 bridgehead atoms. The number of nitrogens with zero attached hydrogens (tertiary/aromatic N) is 4. The predicted molar refractivity (Wildman–Crippen MR) is 149 cm³/mol. The van der Waals surface area contributed by atoms with Crippen LogP contribution >= 0.6 is 11.3 Å². The van der Waals surface area contributed by atoms with Crippen LogP contribution in [0.25, 0.3) is 20.5 Å². The van der Waals surface area contributed by atoms with E-state index in [0.717, 1.165) is 65.6 Å². The van der Waals surface area contributed by atoms with Crippen LogP contribution in [0.15, 0.2) is 54.9 Å². The second kappa shape index (κ2) is 11.2. The van der Waals surface area contributed by atoms with Gasteiger partial charge in [-0.2, -0.15) is 0 Å². The van der Waals surface area contributed by atoms with Crippen LogP contribution in [0.1, 0.15) is 42.6 Å². The molecule has 0 radical (unpaired) electrons. The molecule has 0 amide bonds. The summed E-state index contributed by atoms with van der Waals surface area (Å²) >= 11 is 1.71. The van der Waals surface area contributed by atoms with Gasteiger partial charge < -0.3 is 9.84 Å². The molecule has 192 valence electrons. The lowest BCUT2D eigenvalue weighted by Gasteiger charge is -2.15. The van der Waals surface area contributed by atoms with Crippen molar-refractivity contribution < 1.29 is 9.84 Å². The molecule has 37 heavy (non-hydrogen) atoms. The fourth-order valence-electron chi connectivity index (χ4n) is 5.45. The van der Waals surface area contributed by atoms with Gasteiger partial charge >= 0.3 is 0 Å². The molecule has 0 unspecified atom stereocenters. The van der Waals surface area contributed by atoms with Crippen molar-refractivity contribution in [3.63, 3.8) is 0 Å². The Hall–Kier alpha value is -3.00. The molecule has 2 aromatic carbocycles. The molecular formula is C30H34N4O2S. The third-order valence-corrected chi connectivity index (χ3v) is 8.71. The van der Waals surface area contributed by atoms with E-state index in [1.165, 1.54) is 49.2 Å². The summed E-state index contributed by atoms with van der Waals surface area (Å²) in [5.41, 5.74) is 4.37. The zero-order chi connectivity index (χ0) is 25.0. The fourth-order valence-corrected chi connectivity index (χ4v) is 6.71. The fraction of sp³-hybridized carbons (Fsp3) is 0.400. The highest BCUT2D eigenvalue weighted by Crippen LogP contribution is 2.41. The lowest BCUT2D eigenvalue weighted by molar-refractivity contribution is 0.238. The number of ether oxygens (including phenoxy) is 1. The summed E-state index contributed by atoms with van der Waals surface area (Å²) in [5, 5.41) is 11.3. The first kappa shape index (κ1) is 24.3. The van der Waals surface area contributed by atoms with Crippen LogP contribution in [0.5, 0.6) is 11.5 Å². The van der Waals surface area contributed by atoms with E-state index in [1.54, 1.807) is 17.4 Å². The van der Waals surface area contributed by atoms with Gasteiger partial charge in [0.2, 0.25) is 0 Å². The van der Waals surface area contributed by atoms with Gasteiger partial charge in [-0.3, -0.25) is 19.8 Å². The van der Waals surface area contributed by atoms with Crippen molar-refractivity contribution in [2.24, 2.45) is 0 Å². The molecule has 0 saturated carbocycles. The number of likely N-dealkylation sites (tertiary alicyclic amines) is 2. The third-order valence-electron chi connectivity index (χ3n) is 7.47. The molecule has 2 aliphatic rings. The van der Waals surface area contributed by atoms with E-state index in [4.69, 9.17) is 14.7 Å². The highest BCUT2D eigenvalue weighted by Gasteiger charge is 2.17. The van der Waals surface area contributed by atoms with Crippen LogP contribution in [0, 0.1) is 0 Å². The maximum atomic E-state index is 10.1. The van der Waals surface area contributed by atoms with Crippen LogP contribution in [0.2, 0.25) is 0 Å². The summed E-state index contributed by atoms with van der Waals surface area (Å²) in [6.45, 7) is 7.29. The Morgan fingerprint density at radius 1 is 0.838 bits per heavy atom. The SMILES string of the molecule is Oc1ccc2c(Cc3cnc(CN4CCCC4)cn3)c(-c3ccc(OCCN4CCCC4)cc3)sc2c1. The van der Waals surface area contributed by atoms with Gasteiger partial charge in [-0.05, 0) is 111 Å². The molecule has 0 aliphatic carbocycles. The van der Waals surface area contributed by atoms with Gasteiger partial charge in [-0.25, -0.2) is 0 Å². The van der Waals surface area contributed by atoms with E-state index in [-0.39, 0.29) is 0 Å². The first-order valence-corrected chi connectivity index (χ1v) is 14.2. The van der Waals surface area contributed by atoms with Gasteiger partial charge in [0.15, 0.2) is 0 Å². The van der Waals surface area contributed by atoms with Gasteiger partial charge in [0.05, 0.1) is 17.6 Å². The number of hydrogen-bond donors (Lipinski definition) is 1. The Morgan fingerprint density at radius 3 is 2.27 bits per heavy atom. The predicted octanol–water partition coefficient (Wildman–Crippen LogP) is 5.73. The molecule has 2 aliphatic heterocycles. The van der Waals surface area contributed by atoms with Crippen LogP contribution in [-0.4, -0.2) is 64.2 Å². The Kier molecular flexibility index (Phi) is 7.35. The number of benzene rings is 2. The lowest BCUT2D eigenvalue weighted by Crippen LogP contribution is -2.25. The first-order valence-electron chi connectivity index (χ1n) is 13.4. The third kappa shape index (κ3) is 5.79. The van der Waals surface area contributed by atoms with Gasteiger partial charge in [0.25, 0.3) is 0 Å². The number of fused-ring (bicyclic) bond motifs is 1. The molecule has 0 atom stereocenters. The molecule has 2 aromatic heterocycles. The number of phenolic OH excluding ortho intramolecular Hbond substituents is 1. The largest absolute Gasteiger partial charge is 0.508 e. The topological polar surface area (TPSA) is 61.7 Å². The average Bonchev–Trinajstić information content (AvgIpc) is 3.68. The summed E-state index contributed by atoms with van der Waals surface area (Å²) in [7, 11) is 0. The van der Waals surface area contributed by atoms with Gasteiger partial charge in [-0.1, -0.05) is 0 Å². The van der Waals surface area contributed by atoms with Crippen LogP contribution in [0.3, 0.4) is 0 Å². The Labute approximate surface area is 222 Å². The average molecular weight is 515 g/mol. The number of hydrogen-bond acceptors (Lipinski definition) is 7. The number of aromatic nitrogens is 2. The van der Waals surface area contributed by atoms with Crippen molar-refractivity contribution in [1.82, 2.24) is 19.8 Å². The normalized spacial score (nSPS) is 16.6. The van der Waals surface area contributed by atoms with E-state index >= 15 is 0 Å². The zero-order valence-electron chi connectivity index (χ0n) is 21.2. The van der Waals surface area contributed by atoms with Gasteiger partial charge in [0, 0.05) is 35.3 Å². The summed E-state index contributed by atoms with van der Waals surface area (Å²) in [5.74, 6) is 1.20. The van der Waals surface area contributed by atoms with E-state index < -0.39 is 0 Å². The summed E-state index contributed by atoms with van der Waals surface area (Å²) in [6.07, 6.45) is 9.72. The quantitative estimate of drug-likeness (QED) is 0.308. The Bertz CT molecular complexity index is 1320. The van der Waals surface area contributed by atoms with Crippen molar-refractivity contribution in [3.8, 4) is 21.9 Å². The molecule has 4 heterocycles. The standard InChI is InChI=1S/C30H34N4O2S/c35-25-7-10-27-28(17-23-19-32-24(20-31-23)21-34-13-3-4-14-34)30(37-29(27)18-25)22-5-8-26(9-6-22)36-16-15-33-11-1-2-12-33/h5-10,18-20,35H,1-4,11-17,21H2. The van der Waals surface area contributed by atoms with Gasteiger partial charge in [0.1, 0.15) is 18.1 Å². The van der Waals surface area contributed by atoms with Crippen molar-refractivity contribution >= 4 is 21.4 Å². The molecule has 1 N–H and O–H groups in total. The van der Waals surface area contributed by atoms with Crippen molar-refractivity contribution in [3.05, 3.63) is 71.8 Å². The minimum atomic E-state index is 0.291. The monoisotopic (exact) mass is 514 g/mol. The number of phenols is 1. The van der Waals surface area contributed by atoms with Crippen molar-refractivity contribution in [1.29, 1.82) is 0 Å². The molecule has 0 spiro atoms. The van der Waals surface area contributed by atoms with Crippen LogP contribution in [0.4, 0.5) is 0 Å². The van der Waals surface area contributed by atoms with Crippen molar-refractivity contribution in [2.45, 2.75) is 38.6 Å². The van der Waals surface area contributed by atoms with Crippen LogP contribution in [-0.2, 0) is 13.0 Å². The van der Waals surface area contributed by atoms with E-state index in [1.807, 2.05) is 24.5 Å². The van der Waals surface area contributed by atoms with E-state index in [9.17, 15) is 5.11 Å². The molecule has 7 heteroatoms. The summed E-state index contributed by atoms with van der Waals surface area (Å²) in [6, 6.07) is 14.1. The Morgan fingerprint density at radius 2 is 1.54 bits per heavy atom. The smallest absolute Gasteiger partial charge is 0.119 e. The van der Waals surface area contributed by atoms with Crippen LogP contribution < -0.4 is 4.74 Å². The second-order valence-electron chi connectivity index (χ2n) is 10.2. The van der Waals surface area contributed by atoms with Gasteiger partial charge in [-0.15, -0.1) is 11.3 Å². The van der Waals surface area contributed by atoms with Crippen molar-refractivity contribution in [2.75, 3.05) is 39.3 Å². The number of aromatic hydroxyl groups is 1. The maximum absolute atomic E-state index is 10.1. The van der Waals surface area contributed by atoms with E-state index in [0.29, 0.717) is 12.2 Å². The molecule has 2 saturated heterocycles. The molecule has 6 rings (SSSR count). The highest BCUT2D eigenvalue weighted by molar-refractivity contribution is 7.22. The molecule has 2 fully saturated rings. The lowest BCUT2D eigenvalue weighted by atomic mass is 10.0. The molecule has 6 nitrogen and oxygen atoms in total. The zero-order valence-corrected chi connectivity index (χ0v) is 22.1. The molecule has 4 aromatic rings. The Balaban J connectivity index is 1.21. The number of thiophene rings is 1. The summed E-state index contributed by atoms with van der Waals surface area (Å²) < 4.78 is 7.10. The highest BCUT2D eigenvalue weighted by atomic mass is 32.1. The second-order valence-corrected chi connectivity index (χ2v) is 11.2. The minimum absolute atomic E-state index is 0.291. The first-order chi connectivity index (χ1) is 18.2. The summed E-state index contributed by atoms with van der Waals surface area (Å²) in [4.78, 5) is 15.6.